The van der Waals surface area contributed by atoms with Crippen LogP contribution >= 0.6 is 12.2 Å². The van der Waals surface area contributed by atoms with Crippen molar-refractivity contribution in [3.63, 3.8) is 0 Å². The Labute approximate surface area is 149 Å². The van der Waals surface area contributed by atoms with Gasteiger partial charge in [-0.05, 0) is 29.9 Å². The van der Waals surface area contributed by atoms with E-state index in [0.29, 0.717) is 18.3 Å². The molecule has 0 amide bonds. The standard InChI is InChI=1S/C17H27N3O3S/c1-21-10-7-18-17(24)19-13-16(20-8-11-23-12-9-20)14-3-5-15(22-2)6-4-14/h3-6,16H,7-13H2,1-2H3,(H2,18,19,24). The molecule has 6 nitrogen and oxygen atoms in total. The highest BCUT2D eigenvalue weighted by Crippen LogP contribution is 2.23. The molecule has 2 N–H and O–H groups in total. The molecule has 0 aromatic heterocycles. The summed E-state index contributed by atoms with van der Waals surface area (Å²) in [4.78, 5) is 2.43. The van der Waals surface area contributed by atoms with E-state index in [9.17, 15) is 0 Å². The van der Waals surface area contributed by atoms with Gasteiger partial charge in [-0.3, -0.25) is 4.90 Å². The first-order valence-electron chi connectivity index (χ1n) is 8.21. The van der Waals surface area contributed by atoms with Crippen molar-refractivity contribution in [2.45, 2.75) is 6.04 Å². The lowest BCUT2D eigenvalue weighted by Crippen LogP contribution is -2.46. The Balaban J connectivity index is 1.98. The molecule has 0 aliphatic carbocycles. The van der Waals surface area contributed by atoms with Crippen LogP contribution in [0.1, 0.15) is 11.6 Å². The highest BCUT2D eigenvalue weighted by Gasteiger charge is 2.22. The number of thiocarbonyl (C=S) groups is 1. The molecule has 1 aromatic carbocycles. The number of hydrogen-bond acceptors (Lipinski definition) is 5. The number of methoxy groups -OCH3 is 2. The average molecular weight is 353 g/mol. The molecular weight excluding hydrogens is 326 g/mol. The third-order valence-electron chi connectivity index (χ3n) is 4.03. The normalized spacial score (nSPS) is 16.4. The highest BCUT2D eigenvalue weighted by atomic mass is 32.1. The molecule has 1 saturated heterocycles. The summed E-state index contributed by atoms with van der Waals surface area (Å²) in [5.74, 6) is 0.865. The first-order valence-corrected chi connectivity index (χ1v) is 8.62. The van der Waals surface area contributed by atoms with Gasteiger partial charge in [-0.15, -0.1) is 0 Å². The Hall–Kier alpha value is -1.41. The Bertz CT molecular complexity index is 492. The van der Waals surface area contributed by atoms with Crippen LogP contribution in [-0.4, -0.2) is 70.2 Å². The fraction of sp³-hybridized carbons (Fsp3) is 0.588. The minimum Gasteiger partial charge on any atom is -0.497 e. The number of morpholine rings is 1. The molecule has 1 aliphatic heterocycles. The Morgan fingerprint density at radius 3 is 2.54 bits per heavy atom. The zero-order valence-electron chi connectivity index (χ0n) is 14.4. The fourth-order valence-electron chi connectivity index (χ4n) is 2.69. The van der Waals surface area contributed by atoms with Gasteiger partial charge in [0.2, 0.25) is 0 Å². The summed E-state index contributed by atoms with van der Waals surface area (Å²) >= 11 is 5.34. The van der Waals surface area contributed by atoms with Crippen LogP contribution in [0.15, 0.2) is 24.3 Å². The topological polar surface area (TPSA) is 55.0 Å². The summed E-state index contributed by atoms with van der Waals surface area (Å²) in [5.41, 5.74) is 1.24. The van der Waals surface area contributed by atoms with E-state index in [-0.39, 0.29) is 6.04 Å². The van der Waals surface area contributed by atoms with E-state index >= 15 is 0 Å². The molecule has 24 heavy (non-hydrogen) atoms. The second kappa shape index (κ2) is 10.5. The van der Waals surface area contributed by atoms with Crippen molar-refractivity contribution in [1.82, 2.24) is 15.5 Å². The van der Waals surface area contributed by atoms with E-state index in [4.69, 9.17) is 26.4 Å². The summed E-state index contributed by atoms with van der Waals surface area (Å²) in [7, 11) is 3.36. The molecular formula is C17H27N3O3S. The molecule has 1 atom stereocenters. The molecule has 1 unspecified atom stereocenters. The number of rotatable bonds is 8. The van der Waals surface area contributed by atoms with Gasteiger partial charge in [-0.2, -0.15) is 0 Å². The quantitative estimate of drug-likeness (QED) is 0.538. The molecule has 1 aromatic rings. The van der Waals surface area contributed by atoms with Crippen LogP contribution in [0.4, 0.5) is 0 Å². The summed E-state index contributed by atoms with van der Waals surface area (Å²) < 4.78 is 15.8. The maximum atomic E-state index is 5.48. The summed E-state index contributed by atoms with van der Waals surface area (Å²) in [6, 6.07) is 8.46. The van der Waals surface area contributed by atoms with Crippen molar-refractivity contribution < 1.29 is 14.2 Å². The third-order valence-corrected chi connectivity index (χ3v) is 4.32. The lowest BCUT2D eigenvalue weighted by molar-refractivity contribution is 0.0170. The second-order valence-electron chi connectivity index (χ2n) is 5.57. The van der Waals surface area contributed by atoms with Crippen LogP contribution in [-0.2, 0) is 9.47 Å². The summed E-state index contributed by atoms with van der Waals surface area (Å²) in [5, 5.41) is 7.11. The van der Waals surface area contributed by atoms with Crippen LogP contribution in [0.25, 0.3) is 0 Å². The Morgan fingerprint density at radius 1 is 1.21 bits per heavy atom. The van der Waals surface area contributed by atoms with E-state index < -0.39 is 0 Å². The first kappa shape index (κ1) is 18.9. The molecule has 0 spiro atoms. The van der Waals surface area contributed by atoms with Gasteiger partial charge in [0.1, 0.15) is 5.75 Å². The molecule has 134 valence electrons. The second-order valence-corrected chi connectivity index (χ2v) is 5.98. The molecule has 1 heterocycles. The van der Waals surface area contributed by atoms with Gasteiger partial charge in [0, 0.05) is 33.3 Å². The SMILES string of the molecule is COCCNC(=S)NCC(c1ccc(OC)cc1)N1CCOCC1. The number of hydrogen-bond donors (Lipinski definition) is 2. The molecule has 0 bridgehead atoms. The van der Waals surface area contributed by atoms with Gasteiger partial charge in [0.25, 0.3) is 0 Å². The number of ether oxygens (including phenoxy) is 3. The molecule has 7 heteroatoms. The number of nitrogens with one attached hydrogen (secondary N) is 2. The highest BCUT2D eigenvalue weighted by molar-refractivity contribution is 7.80. The van der Waals surface area contributed by atoms with Crippen LogP contribution in [0.5, 0.6) is 5.75 Å². The summed E-state index contributed by atoms with van der Waals surface area (Å²) in [6.45, 7) is 5.45. The van der Waals surface area contributed by atoms with Gasteiger partial charge in [0.15, 0.2) is 5.11 Å². The van der Waals surface area contributed by atoms with Crippen molar-refractivity contribution in [2.75, 3.05) is 60.2 Å². The minimum absolute atomic E-state index is 0.238. The fourth-order valence-corrected chi connectivity index (χ4v) is 2.88. The van der Waals surface area contributed by atoms with Crippen LogP contribution in [0.2, 0.25) is 0 Å². The predicted octanol–water partition coefficient (Wildman–Crippen LogP) is 1.18. The van der Waals surface area contributed by atoms with Crippen LogP contribution in [0, 0.1) is 0 Å². The smallest absolute Gasteiger partial charge is 0.166 e. The van der Waals surface area contributed by atoms with Crippen molar-refractivity contribution in [3.8, 4) is 5.75 Å². The van der Waals surface area contributed by atoms with Crippen molar-refractivity contribution in [2.24, 2.45) is 0 Å². The van der Waals surface area contributed by atoms with Gasteiger partial charge in [0.05, 0.1) is 33.0 Å². The van der Waals surface area contributed by atoms with Gasteiger partial charge in [-0.1, -0.05) is 12.1 Å². The van der Waals surface area contributed by atoms with Crippen molar-refractivity contribution in [3.05, 3.63) is 29.8 Å². The third kappa shape index (κ3) is 5.90. The first-order chi connectivity index (χ1) is 11.7. The number of nitrogens with zero attached hydrogens (tertiary/aromatic N) is 1. The Morgan fingerprint density at radius 2 is 1.92 bits per heavy atom. The maximum absolute atomic E-state index is 5.48. The maximum Gasteiger partial charge on any atom is 0.166 e. The average Bonchev–Trinajstić information content (AvgIpc) is 2.63. The zero-order chi connectivity index (χ0) is 17.2. The van der Waals surface area contributed by atoms with Gasteiger partial charge >= 0.3 is 0 Å². The number of benzene rings is 1. The van der Waals surface area contributed by atoms with E-state index in [2.05, 4.69) is 27.7 Å². The largest absolute Gasteiger partial charge is 0.497 e. The van der Waals surface area contributed by atoms with E-state index in [1.807, 2.05) is 12.1 Å². The Kier molecular flexibility index (Phi) is 8.24. The lowest BCUT2D eigenvalue weighted by atomic mass is 10.0. The molecule has 1 aliphatic rings. The van der Waals surface area contributed by atoms with E-state index in [0.717, 1.165) is 38.6 Å². The minimum atomic E-state index is 0.238. The van der Waals surface area contributed by atoms with Gasteiger partial charge < -0.3 is 24.8 Å². The molecule has 1 fully saturated rings. The van der Waals surface area contributed by atoms with Gasteiger partial charge in [-0.25, -0.2) is 0 Å². The van der Waals surface area contributed by atoms with Crippen LogP contribution in [0.3, 0.4) is 0 Å². The molecule has 2 rings (SSSR count). The molecule has 0 radical (unpaired) electrons. The predicted molar refractivity (Wildman–Crippen MR) is 98.6 cm³/mol. The summed E-state index contributed by atoms with van der Waals surface area (Å²) in [6.07, 6.45) is 0. The zero-order valence-corrected chi connectivity index (χ0v) is 15.2. The van der Waals surface area contributed by atoms with E-state index in [1.54, 1.807) is 14.2 Å². The van der Waals surface area contributed by atoms with E-state index in [1.165, 1.54) is 5.56 Å². The molecule has 0 saturated carbocycles. The lowest BCUT2D eigenvalue weighted by Gasteiger charge is -2.35. The monoisotopic (exact) mass is 353 g/mol. The van der Waals surface area contributed by atoms with Crippen LogP contribution < -0.4 is 15.4 Å². The van der Waals surface area contributed by atoms with Crippen molar-refractivity contribution in [1.29, 1.82) is 0 Å². The van der Waals surface area contributed by atoms with Crippen molar-refractivity contribution >= 4 is 17.3 Å².